The normalized spacial score (nSPS) is 11.4. The zero-order chi connectivity index (χ0) is 20.0. The van der Waals surface area contributed by atoms with Crippen LogP contribution in [0.15, 0.2) is 42.5 Å². The van der Waals surface area contributed by atoms with E-state index in [0.717, 1.165) is 12.1 Å². The SMILES string of the molecule is C[C@H](OC(=O)COc1ccccc1[N+](=O)[O-])C(=O)Nc1ccc(F)cc1Cl. The van der Waals surface area contributed by atoms with Crippen molar-refractivity contribution in [1.29, 1.82) is 0 Å². The van der Waals surface area contributed by atoms with Gasteiger partial charge in [-0.25, -0.2) is 9.18 Å². The van der Waals surface area contributed by atoms with Crippen LogP contribution in [0, 0.1) is 15.9 Å². The smallest absolute Gasteiger partial charge is 0.344 e. The van der Waals surface area contributed by atoms with Crippen molar-refractivity contribution in [1.82, 2.24) is 0 Å². The van der Waals surface area contributed by atoms with Crippen molar-refractivity contribution in [3.05, 3.63) is 63.4 Å². The highest BCUT2D eigenvalue weighted by Crippen LogP contribution is 2.26. The first-order chi connectivity index (χ1) is 12.8. The summed E-state index contributed by atoms with van der Waals surface area (Å²) in [5, 5.41) is 13.3. The predicted molar refractivity (Wildman–Crippen MR) is 94.2 cm³/mol. The van der Waals surface area contributed by atoms with Gasteiger partial charge in [-0.1, -0.05) is 23.7 Å². The molecule has 1 N–H and O–H groups in total. The van der Waals surface area contributed by atoms with Crippen LogP contribution in [0.2, 0.25) is 5.02 Å². The number of nitro benzene ring substituents is 1. The minimum atomic E-state index is -1.20. The van der Waals surface area contributed by atoms with Crippen LogP contribution >= 0.6 is 11.6 Å². The van der Waals surface area contributed by atoms with Gasteiger partial charge in [-0.15, -0.1) is 0 Å². The topological polar surface area (TPSA) is 108 Å². The highest BCUT2D eigenvalue weighted by molar-refractivity contribution is 6.33. The summed E-state index contributed by atoms with van der Waals surface area (Å²) >= 11 is 5.80. The lowest BCUT2D eigenvalue weighted by atomic mass is 10.3. The second-order valence-corrected chi connectivity index (χ2v) is 5.67. The number of esters is 1. The molecule has 0 fully saturated rings. The maximum atomic E-state index is 13.0. The van der Waals surface area contributed by atoms with E-state index in [4.69, 9.17) is 21.1 Å². The van der Waals surface area contributed by atoms with Crippen LogP contribution in [0.4, 0.5) is 15.8 Å². The van der Waals surface area contributed by atoms with Gasteiger partial charge < -0.3 is 14.8 Å². The molecule has 0 aliphatic carbocycles. The molecule has 2 rings (SSSR count). The monoisotopic (exact) mass is 396 g/mol. The number of nitrogens with zero attached hydrogens (tertiary/aromatic N) is 1. The minimum Gasteiger partial charge on any atom is -0.475 e. The third-order valence-corrected chi connectivity index (χ3v) is 3.59. The first kappa shape index (κ1) is 20.1. The van der Waals surface area contributed by atoms with Crippen molar-refractivity contribution >= 4 is 34.9 Å². The van der Waals surface area contributed by atoms with Crippen molar-refractivity contribution < 1.29 is 28.4 Å². The van der Waals surface area contributed by atoms with Gasteiger partial charge in [0.2, 0.25) is 0 Å². The molecule has 1 amide bonds. The Kier molecular flexibility index (Phi) is 6.67. The molecule has 0 aliphatic heterocycles. The largest absolute Gasteiger partial charge is 0.475 e. The zero-order valence-electron chi connectivity index (χ0n) is 14.0. The average Bonchev–Trinajstić information content (AvgIpc) is 2.62. The average molecular weight is 397 g/mol. The summed E-state index contributed by atoms with van der Waals surface area (Å²) < 4.78 is 23.0. The fourth-order valence-corrected chi connectivity index (χ4v) is 2.19. The molecule has 8 nitrogen and oxygen atoms in total. The number of carbonyl (C=O) groups excluding carboxylic acids is 2. The molecule has 2 aromatic carbocycles. The maximum Gasteiger partial charge on any atom is 0.344 e. The van der Waals surface area contributed by atoms with Crippen molar-refractivity contribution in [2.45, 2.75) is 13.0 Å². The van der Waals surface area contributed by atoms with Crippen LogP contribution < -0.4 is 10.1 Å². The van der Waals surface area contributed by atoms with E-state index in [9.17, 15) is 24.1 Å². The standard InChI is InChI=1S/C17H14ClFN2O6/c1-10(17(23)20-13-7-6-11(19)8-12(13)18)27-16(22)9-26-15-5-3-2-4-14(15)21(24)25/h2-8,10H,9H2,1H3,(H,20,23)/t10-/m0/s1. The van der Waals surface area contributed by atoms with E-state index in [1.165, 1.54) is 37.3 Å². The van der Waals surface area contributed by atoms with Gasteiger partial charge in [0.25, 0.3) is 5.91 Å². The first-order valence-electron chi connectivity index (χ1n) is 7.59. The van der Waals surface area contributed by atoms with Crippen molar-refractivity contribution in [2.24, 2.45) is 0 Å². The Labute approximate surface area is 158 Å². The number of carbonyl (C=O) groups is 2. The zero-order valence-corrected chi connectivity index (χ0v) is 14.7. The van der Waals surface area contributed by atoms with Gasteiger partial charge in [0.15, 0.2) is 18.5 Å². The number of halogens is 2. The molecule has 27 heavy (non-hydrogen) atoms. The summed E-state index contributed by atoms with van der Waals surface area (Å²) in [6, 6.07) is 8.92. The summed E-state index contributed by atoms with van der Waals surface area (Å²) in [6.45, 7) is 0.690. The van der Waals surface area contributed by atoms with Crippen LogP contribution in [0.5, 0.6) is 5.75 Å². The molecule has 10 heteroatoms. The fourth-order valence-electron chi connectivity index (χ4n) is 1.98. The number of hydrogen-bond acceptors (Lipinski definition) is 6. The molecule has 0 saturated carbocycles. The van der Waals surface area contributed by atoms with Gasteiger partial charge in [-0.2, -0.15) is 0 Å². The van der Waals surface area contributed by atoms with Crippen LogP contribution in [-0.2, 0) is 14.3 Å². The van der Waals surface area contributed by atoms with Gasteiger partial charge in [-0.3, -0.25) is 14.9 Å². The molecule has 0 spiro atoms. The number of nitrogens with one attached hydrogen (secondary N) is 1. The Morgan fingerprint density at radius 2 is 2.00 bits per heavy atom. The molecule has 142 valence electrons. The number of rotatable bonds is 7. The molecule has 1 atom stereocenters. The van der Waals surface area contributed by atoms with E-state index in [-0.39, 0.29) is 22.1 Å². The molecule has 2 aromatic rings. The molecule has 0 saturated heterocycles. The number of hydrogen-bond donors (Lipinski definition) is 1. The van der Waals surface area contributed by atoms with E-state index in [1.54, 1.807) is 0 Å². The van der Waals surface area contributed by atoms with E-state index >= 15 is 0 Å². The Hall–Kier alpha value is -3.20. The molecule has 0 unspecified atom stereocenters. The second kappa shape index (κ2) is 8.95. The molecule has 0 aliphatic rings. The van der Waals surface area contributed by atoms with Gasteiger partial charge in [0, 0.05) is 6.07 Å². The summed E-state index contributed by atoms with van der Waals surface area (Å²) in [4.78, 5) is 34.1. The third kappa shape index (κ3) is 5.65. The lowest BCUT2D eigenvalue weighted by Gasteiger charge is -2.14. The van der Waals surface area contributed by atoms with Crippen LogP contribution in [0.1, 0.15) is 6.92 Å². The first-order valence-corrected chi connectivity index (χ1v) is 7.97. The van der Waals surface area contributed by atoms with Crippen LogP contribution in [0.3, 0.4) is 0 Å². The van der Waals surface area contributed by atoms with Gasteiger partial charge in [0.1, 0.15) is 5.82 Å². The van der Waals surface area contributed by atoms with Crippen molar-refractivity contribution in [2.75, 3.05) is 11.9 Å². The van der Waals surface area contributed by atoms with E-state index in [0.29, 0.717) is 0 Å². The molecular weight excluding hydrogens is 383 g/mol. The Morgan fingerprint density at radius 3 is 2.67 bits per heavy atom. The second-order valence-electron chi connectivity index (χ2n) is 5.26. The van der Waals surface area contributed by atoms with Crippen molar-refractivity contribution in [3.63, 3.8) is 0 Å². The van der Waals surface area contributed by atoms with Crippen LogP contribution in [-0.4, -0.2) is 29.5 Å². The number of nitro groups is 1. The highest BCUT2D eigenvalue weighted by Gasteiger charge is 2.21. The maximum absolute atomic E-state index is 13.0. The third-order valence-electron chi connectivity index (χ3n) is 3.27. The van der Waals surface area contributed by atoms with Gasteiger partial charge in [-0.05, 0) is 31.2 Å². The number of para-hydroxylation sites is 2. The summed E-state index contributed by atoms with van der Waals surface area (Å²) in [7, 11) is 0. The number of anilines is 1. The number of amides is 1. The van der Waals surface area contributed by atoms with Gasteiger partial charge in [0.05, 0.1) is 15.6 Å². The van der Waals surface area contributed by atoms with E-state index < -0.39 is 35.3 Å². The Bertz CT molecular complexity index is 876. The molecular formula is C17H14ClFN2O6. The Morgan fingerprint density at radius 1 is 1.30 bits per heavy atom. The summed E-state index contributed by atoms with van der Waals surface area (Å²) in [5.41, 5.74) is -0.149. The van der Waals surface area contributed by atoms with Crippen molar-refractivity contribution in [3.8, 4) is 5.75 Å². The molecule has 0 bridgehead atoms. The summed E-state index contributed by atoms with van der Waals surface area (Å²) in [6.07, 6.45) is -1.20. The number of ether oxygens (including phenoxy) is 2. The summed E-state index contributed by atoms with van der Waals surface area (Å²) in [5.74, 6) is -2.26. The highest BCUT2D eigenvalue weighted by atomic mass is 35.5. The number of benzene rings is 2. The van der Waals surface area contributed by atoms with E-state index in [2.05, 4.69) is 5.32 Å². The predicted octanol–water partition coefficient (Wildman–Crippen LogP) is 3.34. The van der Waals surface area contributed by atoms with Gasteiger partial charge >= 0.3 is 11.7 Å². The lowest BCUT2D eigenvalue weighted by Crippen LogP contribution is -2.31. The molecule has 0 radical (unpaired) electrons. The Balaban J connectivity index is 1.89. The quantitative estimate of drug-likeness (QED) is 0.437. The van der Waals surface area contributed by atoms with E-state index in [1.807, 2.05) is 0 Å². The molecule has 0 aromatic heterocycles. The fraction of sp³-hybridized carbons (Fsp3) is 0.176. The minimum absolute atomic E-state index is 0.0124. The van der Waals surface area contributed by atoms with Crippen LogP contribution in [0.25, 0.3) is 0 Å². The molecule has 0 heterocycles. The lowest BCUT2D eigenvalue weighted by molar-refractivity contribution is -0.385.